The molecule has 0 saturated carbocycles. The zero-order chi connectivity index (χ0) is 17.7. The molecule has 1 saturated heterocycles. The third kappa shape index (κ3) is 3.97. The Morgan fingerprint density at radius 2 is 2.12 bits per heavy atom. The number of rotatable bonds is 6. The number of amides is 2. The summed E-state index contributed by atoms with van der Waals surface area (Å²) >= 11 is 6.27. The number of hydrogen-bond acceptors (Lipinski definition) is 5. The van der Waals surface area contributed by atoms with E-state index >= 15 is 0 Å². The SMILES string of the molecule is COc1cc(C(OC(N)=O)C2CCN([C]=O)CC2)c(Cl)cc1C=O. The number of methoxy groups -OCH3 is 1. The first-order valence-corrected chi connectivity index (χ1v) is 7.79. The maximum atomic E-state index is 11.3. The van der Waals surface area contributed by atoms with Crippen molar-refractivity contribution in [1.29, 1.82) is 0 Å². The lowest BCUT2D eigenvalue weighted by Crippen LogP contribution is -2.36. The molecule has 7 nitrogen and oxygen atoms in total. The van der Waals surface area contributed by atoms with E-state index < -0.39 is 12.2 Å². The van der Waals surface area contributed by atoms with Crippen molar-refractivity contribution < 1.29 is 23.9 Å². The fourth-order valence-electron chi connectivity index (χ4n) is 2.90. The lowest BCUT2D eigenvalue weighted by atomic mass is 9.87. The van der Waals surface area contributed by atoms with E-state index in [-0.39, 0.29) is 10.9 Å². The number of primary amides is 1. The fraction of sp³-hybridized carbons (Fsp3) is 0.438. The quantitative estimate of drug-likeness (QED) is 0.789. The topological polar surface area (TPSA) is 98.9 Å². The molecule has 2 N–H and O–H groups in total. The third-order valence-electron chi connectivity index (χ3n) is 4.12. The van der Waals surface area contributed by atoms with E-state index in [4.69, 9.17) is 26.8 Å². The van der Waals surface area contributed by atoms with E-state index in [0.29, 0.717) is 49.1 Å². The van der Waals surface area contributed by atoms with E-state index in [1.807, 2.05) is 6.41 Å². The summed E-state index contributed by atoms with van der Waals surface area (Å²) in [4.78, 5) is 34.7. The monoisotopic (exact) mass is 353 g/mol. The molecule has 1 aliphatic rings. The average Bonchev–Trinajstić information content (AvgIpc) is 2.59. The summed E-state index contributed by atoms with van der Waals surface area (Å²) in [6, 6.07) is 3.05. The lowest BCUT2D eigenvalue weighted by Gasteiger charge is -2.34. The Hall–Kier alpha value is -2.28. The van der Waals surface area contributed by atoms with Gasteiger partial charge in [0.2, 0.25) is 0 Å². The van der Waals surface area contributed by atoms with Crippen LogP contribution in [0.2, 0.25) is 5.02 Å². The molecule has 1 aromatic carbocycles. The van der Waals surface area contributed by atoms with Crippen LogP contribution >= 0.6 is 11.6 Å². The smallest absolute Gasteiger partial charge is 0.405 e. The van der Waals surface area contributed by atoms with Crippen LogP contribution in [-0.4, -0.2) is 43.9 Å². The molecule has 8 heteroatoms. The molecule has 2 amide bonds. The van der Waals surface area contributed by atoms with Crippen LogP contribution in [0, 0.1) is 5.92 Å². The molecule has 1 unspecified atom stereocenters. The van der Waals surface area contributed by atoms with Gasteiger partial charge in [-0.3, -0.25) is 9.59 Å². The number of nitrogens with zero attached hydrogens (tertiary/aromatic N) is 1. The molecule has 24 heavy (non-hydrogen) atoms. The lowest BCUT2D eigenvalue weighted by molar-refractivity contribution is 0.0466. The highest BCUT2D eigenvalue weighted by atomic mass is 35.5. The molecule has 0 aliphatic carbocycles. The highest BCUT2D eigenvalue weighted by Gasteiger charge is 2.32. The normalized spacial score (nSPS) is 16.3. The second-order valence-corrected chi connectivity index (χ2v) is 5.91. The molecule has 1 heterocycles. The number of likely N-dealkylation sites (tertiary alicyclic amines) is 1. The highest BCUT2D eigenvalue weighted by Crippen LogP contribution is 2.39. The number of halogens is 1. The molecular formula is C16H18ClN2O5. The number of hydrogen-bond donors (Lipinski definition) is 1. The van der Waals surface area contributed by atoms with Gasteiger partial charge in [-0.15, -0.1) is 0 Å². The van der Waals surface area contributed by atoms with Gasteiger partial charge in [0.25, 0.3) is 0 Å². The van der Waals surface area contributed by atoms with E-state index in [0.717, 1.165) is 0 Å². The van der Waals surface area contributed by atoms with Crippen molar-refractivity contribution >= 4 is 30.4 Å². The molecule has 0 aromatic heterocycles. The first-order chi connectivity index (χ1) is 11.5. The van der Waals surface area contributed by atoms with E-state index in [2.05, 4.69) is 0 Å². The molecule has 0 spiro atoms. The van der Waals surface area contributed by atoms with Crippen LogP contribution in [0.15, 0.2) is 12.1 Å². The maximum absolute atomic E-state index is 11.3. The predicted octanol–water partition coefficient (Wildman–Crippen LogP) is 2.08. The minimum Gasteiger partial charge on any atom is -0.496 e. The van der Waals surface area contributed by atoms with Crippen LogP contribution in [0.1, 0.15) is 34.9 Å². The summed E-state index contributed by atoms with van der Waals surface area (Å²) < 4.78 is 10.5. The summed E-state index contributed by atoms with van der Waals surface area (Å²) in [5, 5.41) is 0.286. The Morgan fingerprint density at radius 3 is 2.62 bits per heavy atom. The first kappa shape index (κ1) is 18.1. The van der Waals surface area contributed by atoms with Crippen molar-refractivity contribution in [2.45, 2.75) is 18.9 Å². The van der Waals surface area contributed by atoms with Crippen molar-refractivity contribution in [3.8, 4) is 5.75 Å². The van der Waals surface area contributed by atoms with Crippen LogP contribution in [0.3, 0.4) is 0 Å². The van der Waals surface area contributed by atoms with Gasteiger partial charge in [-0.1, -0.05) is 11.6 Å². The molecule has 1 fully saturated rings. The van der Waals surface area contributed by atoms with Crippen LogP contribution in [0.25, 0.3) is 0 Å². The number of benzene rings is 1. The summed E-state index contributed by atoms with van der Waals surface area (Å²) in [5.41, 5.74) is 6.02. The molecule has 129 valence electrons. The second-order valence-electron chi connectivity index (χ2n) is 5.51. The van der Waals surface area contributed by atoms with Crippen molar-refractivity contribution in [1.82, 2.24) is 4.90 Å². The van der Waals surface area contributed by atoms with Crippen LogP contribution in [0.5, 0.6) is 5.75 Å². The van der Waals surface area contributed by atoms with E-state index in [1.165, 1.54) is 18.1 Å². The van der Waals surface area contributed by atoms with Gasteiger partial charge in [0.1, 0.15) is 11.9 Å². The fourth-order valence-corrected chi connectivity index (χ4v) is 3.18. The van der Waals surface area contributed by atoms with Gasteiger partial charge in [-0.2, -0.15) is 0 Å². The average molecular weight is 354 g/mol. The summed E-state index contributed by atoms with van der Waals surface area (Å²) in [6.45, 7) is 1.02. The molecular weight excluding hydrogens is 336 g/mol. The van der Waals surface area contributed by atoms with Crippen LogP contribution in [-0.2, 0) is 9.53 Å². The van der Waals surface area contributed by atoms with Gasteiger partial charge in [0.15, 0.2) is 6.29 Å². The Labute approximate surface area is 144 Å². The van der Waals surface area contributed by atoms with Gasteiger partial charge in [-0.25, -0.2) is 4.79 Å². The molecule has 1 atom stereocenters. The van der Waals surface area contributed by atoms with E-state index in [9.17, 15) is 14.4 Å². The van der Waals surface area contributed by atoms with Crippen molar-refractivity contribution in [3.05, 3.63) is 28.3 Å². The first-order valence-electron chi connectivity index (χ1n) is 7.41. The van der Waals surface area contributed by atoms with Crippen molar-refractivity contribution in [2.24, 2.45) is 11.7 Å². The number of aldehydes is 1. The summed E-state index contributed by atoms with van der Waals surface area (Å²) in [7, 11) is 1.43. The standard InChI is InChI=1S/C16H18ClN2O5/c1-23-14-7-12(13(17)6-11(14)8-20)15(24-16(18)22)10-2-4-19(9-21)5-3-10/h6-8,10,15H,2-5H2,1H3,(H2,18,22). The largest absolute Gasteiger partial charge is 0.496 e. The van der Waals surface area contributed by atoms with Gasteiger partial charge >= 0.3 is 12.5 Å². The number of piperidine rings is 1. The number of nitrogens with two attached hydrogens (primary N) is 1. The number of carbonyl (C=O) groups excluding carboxylic acids is 3. The maximum Gasteiger partial charge on any atom is 0.405 e. The zero-order valence-corrected chi connectivity index (χ0v) is 13.9. The molecule has 1 aromatic rings. The molecule has 2 rings (SSSR count). The van der Waals surface area contributed by atoms with Crippen molar-refractivity contribution in [2.75, 3.05) is 20.2 Å². The Bertz CT molecular complexity index is 629. The van der Waals surface area contributed by atoms with Gasteiger partial charge in [-0.05, 0) is 25.0 Å². The number of carbonyl (C=O) groups is 2. The van der Waals surface area contributed by atoms with Gasteiger partial charge < -0.3 is 20.1 Å². The minimum absolute atomic E-state index is 0.0635. The molecule has 1 radical (unpaired) electrons. The highest BCUT2D eigenvalue weighted by molar-refractivity contribution is 6.31. The predicted molar refractivity (Wildman–Crippen MR) is 86.8 cm³/mol. The molecule has 1 aliphatic heterocycles. The Kier molecular flexibility index (Phi) is 6.03. The minimum atomic E-state index is -0.918. The van der Waals surface area contributed by atoms with Crippen molar-refractivity contribution in [3.63, 3.8) is 0 Å². The van der Waals surface area contributed by atoms with Gasteiger partial charge in [0, 0.05) is 29.6 Å². The van der Waals surface area contributed by atoms with Crippen LogP contribution in [0.4, 0.5) is 4.79 Å². The second kappa shape index (κ2) is 8.01. The third-order valence-corrected chi connectivity index (χ3v) is 4.45. The molecule has 0 bridgehead atoms. The van der Waals surface area contributed by atoms with Gasteiger partial charge in [0.05, 0.1) is 12.7 Å². The Morgan fingerprint density at radius 1 is 1.46 bits per heavy atom. The number of ether oxygens (including phenoxy) is 2. The Balaban J connectivity index is 2.36. The zero-order valence-electron chi connectivity index (χ0n) is 13.2. The summed E-state index contributed by atoms with van der Waals surface area (Å²) in [5.74, 6) is 0.271. The van der Waals surface area contributed by atoms with E-state index in [1.54, 1.807) is 6.07 Å². The summed E-state index contributed by atoms with van der Waals surface area (Å²) in [6.07, 6.45) is 2.12. The van der Waals surface area contributed by atoms with Crippen LogP contribution < -0.4 is 10.5 Å².